The van der Waals surface area contributed by atoms with E-state index in [9.17, 15) is 9.59 Å². The SMILES string of the molecule is C[C@@H](OC(=O)c1ccc(CO)cc1)C(=O)Nc1ccc(N2CCOCC2)cc1. The maximum atomic E-state index is 12.3. The monoisotopic (exact) mass is 384 g/mol. The fourth-order valence-electron chi connectivity index (χ4n) is 2.85. The minimum Gasteiger partial charge on any atom is -0.449 e. The molecule has 1 aliphatic heterocycles. The Morgan fingerprint density at radius 2 is 1.75 bits per heavy atom. The fraction of sp³-hybridized carbons (Fsp3) is 0.333. The van der Waals surface area contributed by atoms with Gasteiger partial charge in [-0.2, -0.15) is 0 Å². The van der Waals surface area contributed by atoms with Gasteiger partial charge in [-0.3, -0.25) is 4.79 Å². The number of amides is 1. The minimum atomic E-state index is -0.941. The van der Waals surface area contributed by atoms with Gasteiger partial charge >= 0.3 is 5.97 Å². The number of benzene rings is 2. The van der Waals surface area contributed by atoms with Crippen LogP contribution >= 0.6 is 0 Å². The molecule has 0 aliphatic carbocycles. The first-order valence-corrected chi connectivity index (χ1v) is 9.21. The van der Waals surface area contributed by atoms with Crippen LogP contribution in [-0.2, 0) is 20.9 Å². The molecule has 28 heavy (non-hydrogen) atoms. The Morgan fingerprint density at radius 3 is 2.36 bits per heavy atom. The van der Waals surface area contributed by atoms with Crippen molar-refractivity contribution in [3.8, 4) is 0 Å². The third-order valence-electron chi connectivity index (χ3n) is 4.54. The van der Waals surface area contributed by atoms with E-state index < -0.39 is 18.0 Å². The molecule has 7 nitrogen and oxygen atoms in total. The van der Waals surface area contributed by atoms with E-state index in [1.807, 2.05) is 24.3 Å². The predicted molar refractivity (Wildman–Crippen MR) is 105 cm³/mol. The maximum absolute atomic E-state index is 12.3. The number of anilines is 2. The Hall–Kier alpha value is -2.90. The van der Waals surface area contributed by atoms with Gasteiger partial charge in [0.15, 0.2) is 6.10 Å². The number of morpholine rings is 1. The van der Waals surface area contributed by atoms with E-state index in [-0.39, 0.29) is 6.61 Å². The Balaban J connectivity index is 1.53. The number of carbonyl (C=O) groups excluding carboxylic acids is 2. The molecule has 0 spiro atoms. The molecule has 1 atom stereocenters. The average Bonchev–Trinajstić information content (AvgIpc) is 2.75. The van der Waals surface area contributed by atoms with Crippen LogP contribution in [0.1, 0.15) is 22.8 Å². The van der Waals surface area contributed by atoms with Crippen LogP contribution in [0.25, 0.3) is 0 Å². The molecule has 0 unspecified atom stereocenters. The number of esters is 1. The largest absolute Gasteiger partial charge is 0.449 e. The zero-order chi connectivity index (χ0) is 19.9. The molecule has 0 aromatic heterocycles. The van der Waals surface area contributed by atoms with Crippen molar-refractivity contribution < 1.29 is 24.2 Å². The van der Waals surface area contributed by atoms with Gasteiger partial charge < -0.3 is 24.8 Å². The van der Waals surface area contributed by atoms with Crippen LogP contribution in [0.4, 0.5) is 11.4 Å². The van der Waals surface area contributed by atoms with Gasteiger partial charge in [0.1, 0.15) is 0 Å². The van der Waals surface area contributed by atoms with E-state index in [1.54, 1.807) is 24.3 Å². The predicted octanol–water partition coefficient (Wildman–Crippen LogP) is 2.20. The summed E-state index contributed by atoms with van der Waals surface area (Å²) in [5.74, 6) is -0.991. The van der Waals surface area contributed by atoms with Crippen LogP contribution in [0, 0.1) is 0 Å². The Morgan fingerprint density at radius 1 is 1.11 bits per heavy atom. The highest BCUT2D eigenvalue weighted by molar-refractivity contribution is 5.97. The second kappa shape index (κ2) is 9.34. The molecule has 2 aromatic carbocycles. The van der Waals surface area contributed by atoms with Gasteiger partial charge in [-0.25, -0.2) is 4.79 Å². The highest BCUT2D eigenvalue weighted by atomic mass is 16.5. The van der Waals surface area contributed by atoms with E-state index in [0.29, 0.717) is 30.0 Å². The molecule has 7 heteroatoms. The molecule has 1 heterocycles. The summed E-state index contributed by atoms with van der Waals surface area (Å²) >= 11 is 0. The van der Waals surface area contributed by atoms with Gasteiger partial charge in [0.2, 0.25) is 0 Å². The Kier molecular flexibility index (Phi) is 6.62. The molecule has 2 aromatic rings. The van der Waals surface area contributed by atoms with Crippen LogP contribution in [0.5, 0.6) is 0 Å². The van der Waals surface area contributed by atoms with Gasteiger partial charge in [0.25, 0.3) is 5.91 Å². The molecular formula is C21H24N2O5. The standard InChI is InChI=1S/C21H24N2O5/c1-15(28-21(26)17-4-2-16(14-24)3-5-17)20(25)22-18-6-8-19(9-7-18)23-10-12-27-13-11-23/h2-9,15,24H,10-14H2,1H3,(H,22,25)/t15-/m1/s1. The number of hydrogen-bond acceptors (Lipinski definition) is 6. The van der Waals surface area contributed by atoms with Crippen molar-refractivity contribution in [2.75, 3.05) is 36.5 Å². The van der Waals surface area contributed by atoms with Crippen molar-refractivity contribution >= 4 is 23.3 Å². The highest BCUT2D eigenvalue weighted by Crippen LogP contribution is 2.19. The normalized spacial score (nSPS) is 15.0. The van der Waals surface area contributed by atoms with E-state index in [2.05, 4.69) is 10.2 Å². The summed E-state index contributed by atoms with van der Waals surface area (Å²) < 4.78 is 10.6. The highest BCUT2D eigenvalue weighted by Gasteiger charge is 2.19. The number of ether oxygens (including phenoxy) is 2. The number of aliphatic hydroxyl groups is 1. The van der Waals surface area contributed by atoms with Crippen molar-refractivity contribution in [3.05, 3.63) is 59.7 Å². The van der Waals surface area contributed by atoms with Gasteiger partial charge in [-0.05, 0) is 48.9 Å². The summed E-state index contributed by atoms with van der Waals surface area (Å²) in [6.07, 6.45) is -0.941. The number of aliphatic hydroxyl groups excluding tert-OH is 1. The average molecular weight is 384 g/mol. The number of carbonyl (C=O) groups is 2. The molecular weight excluding hydrogens is 360 g/mol. The Labute approximate surface area is 163 Å². The molecule has 1 amide bonds. The van der Waals surface area contributed by atoms with Gasteiger partial charge in [0.05, 0.1) is 25.4 Å². The lowest BCUT2D eigenvalue weighted by Gasteiger charge is -2.28. The summed E-state index contributed by atoms with van der Waals surface area (Å²) in [4.78, 5) is 26.7. The van der Waals surface area contributed by atoms with Crippen LogP contribution < -0.4 is 10.2 Å². The van der Waals surface area contributed by atoms with Crippen molar-refractivity contribution in [1.82, 2.24) is 0 Å². The fourth-order valence-corrected chi connectivity index (χ4v) is 2.85. The van der Waals surface area contributed by atoms with Crippen LogP contribution in [0.3, 0.4) is 0 Å². The van der Waals surface area contributed by atoms with Crippen molar-refractivity contribution in [1.29, 1.82) is 0 Å². The first kappa shape index (κ1) is 19.9. The molecule has 0 radical (unpaired) electrons. The first-order valence-electron chi connectivity index (χ1n) is 9.21. The van der Waals surface area contributed by atoms with E-state index >= 15 is 0 Å². The quantitative estimate of drug-likeness (QED) is 0.743. The molecule has 1 aliphatic rings. The van der Waals surface area contributed by atoms with Crippen LogP contribution in [0.15, 0.2) is 48.5 Å². The number of hydrogen-bond donors (Lipinski definition) is 2. The summed E-state index contributed by atoms with van der Waals surface area (Å²) in [5.41, 5.74) is 2.74. The molecule has 0 bridgehead atoms. The summed E-state index contributed by atoms with van der Waals surface area (Å²) in [6.45, 7) is 4.54. The molecule has 2 N–H and O–H groups in total. The van der Waals surface area contributed by atoms with Gasteiger partial charge in [-0.1, -0.05) is 12.1 Å². The van der Waals surface area contributed by atoms with Crippen molar-refractivity contribution in [2.45, 2.75) is 19.6 Å². The molecule has 3 rings (SSSR count). The van der Waals surface area contributed by atoms with Crippen molar-refractivity contribution in [3.63, 3.8) is 0 Å². The summed E-state index contributed by atoms with van der Waals surface area (Å²) in [7, 11) is 0. The van der Waals surface area contributed by atoms with Crippen LogP contribution in [0.2, 0.25) is 0 Å². The lowest BCUT2D eigenvalue weighted by Crippen LogP contribution is -2.36. The molecule has 148 valence electrons. The lowest BCUT2D eigenvalue weighted by molar-refractivity contribution is -0.123. The summed E-state index contributed by atoms with van der Waals surface area (Å²) in [6, 6.07) is 13.9. The zero-order valence-electron chi connectivity index (χ0n) is 15.8. The lowest BCUT2D eigenvalue weighted by atomic mass is 10.1. The van der Waals surface area contributed by atoms with E-state index in [4.69, 9.17) is 14.6 Å². The van der Waals surface area contributed by atoms with Crippen LogP contribution in [-0.4, -0.2) is 49.4 Å². The zero-order valence-corrected chi connectivity index (χ0v) is 15.8. The maximum Gasteiger partial charge on any atom is 0.338 e. The topological polar surface area (TPSA) is 88.1 Å². The van der Waals surface area contributed by atoms with E-state index in [1.165, 1.54) is 6.92 Å². The molecule has 1 fully saturated rings. The smallest absolute Gasteiger partial charge is 0.338 e. The first-order chi connectivity index (χ1) is 13.6. The number of nitrogens with zero attached hydrogens (tertiary/aromatic N) is 1. The van der Waals surface area contributed by atoms with Gasteiger partial charge in [-0.15, -0.1) is 0 Å². The third-order valence-corrected chi connectivity index (χ3v) is 4.54. The third kappa shape index (κ3) is 5.09. The molecule has 0 saturated carbocycles. The number of nitrogens with one attached hydrogen (secondary N) is 1. The number of rotatable bonds is 6. The summed E-state index contributed by atoms with van der Waals surface area (Å²) in [5, 5.41) is 11.8. The molecule has 1 saturated heterocycles. The van der Waals surface area contributed by atoms with Crippen molar-refractivity contribution in [2.24, 2.45) is 0 Å². The second-order valence-electron chi connectivity index (χ2n) is 6.54. The minimum absolute atomic E-state index is 0.0987. The van der Waals surface area contributed by atoms with Gasteiger partial charge in [0, 0.05) is 24.5 Å². The Bertz CT molecular complexity index is 799. The second-order valence-corrected chi connectivity index (χ2v) is 6.54. The van der Waals surface area contributed by atoms with E-state index in [0.717, 1.165) is 18.8 Å².